The number of hydrogen-bond acceptors (Lipinski definition) is 4. The molecule has 0 saturated heterocycles. The maximum absolute atomic E-state index is 12.3. The van der Waals surface area contributed by atoms with Crippen LogP contribution in [-0.4, -0.2) is 24.9 Å². The fraction of sp³-hybridized carbons (Fsp3) is 0.500. The first-order chi connectivity index (χ1) is 11.3. The lowest BCUT2D eigenvalue weighted by Gasteiger charge is -2.27. The molecule has 2 atom stereocenters. The molecule has 24 heavy (non-hydrogen) atoms. The highest BCUT2D eigenvalue weighted by Gasteiger charge is 2.28. The largest absolute Gasteiger partial charge is 0.468 e. The number of ketones is 1. The standard InChI is InChI=1S/C20H29NO3/c1-13(2)11-16(22)12-18(17-10-8-7-9-15(17)5)21-19(14(3)4)20(23)24-6/h7-11,14,18-19,21H,12H2,1-6H3/t18?,19-/m0/s1. The first-order valence-electron chi connectivity index (χ1n) is 8.33. The van der Waals surface area contributed by atoms with Crippen LogP contribution in [0.15, 0.2) is 35.9 Å². The summed E-state index contributed by atoms with van der Waals surface area (Å²) in [6, 6.07) is 7.23. The lowest BCUT2D eigenvalue weighted by atomic mass is 9.94. The molecule has 0 spiro atoms. The van der Waals surface area contributed by atoms with E-state index >= 15 is 0 Å². The lowest BCUT2D eigenvalue weighted by molar-refractivity contribution is -0.144. The Bertz CT molecular complexity index is 601. The van der Waals surface area contributed by atoms with Gasteiger partial charge in [0.15, 0.2) is 5.78 Å². The third kappa shape index (κ3) is 5.93. The quantitative estimate of drug-likeness (QED) is 0.582. The number of nitrogens with one attached hydrogen (secondary N) is 1. The Morgan fingerprint density at radius 2 is 1.83 bits per heavy atom. The zero-order chi connectivity index (χ0) is 18.3. The molecule has 0 aromatic heterocycles. The first kappa shape index (κ1) is 20.1. The second-order valence-corrected chi connectivity index (χ2v) is 6.71. The van der Waals surface area contributed by atoms with Crippen molar-refractivity contribution in [3.8, 4) is 0 Å². The molecule has 4 heteroatoms. The Balaban J connectivity index is 3.13. The fourth-order valence-corrected chi connectivity index (χ4v) is 2.69. The number of allylic oxidation sites excluding steroid dienone is 2. The number of carbonyl (C=O) groups excluding carboxylic acids is 2. The van der Waals surface area contributed by atoms with E-state index in [2.05, 4.69) is 5.32 Å². The van der Waals surface area contributed by atoms with Crippen molar-refractivity contribution >= 4 is 11.8 Å². The predicted molar refractivity (Wildman–Crippen MR) is 96.8 cm³/mol. The summed E-state index contributed by atoms with van der Waals surface area (Å²) in [5.41, 5.74) is 3.09. The summed E-state index contributed by atoms with van der Waals surface area (Å²) in [4.78, 5) is 24.4. The summed E-state index contributed by atoms with van der Waals surface area (Å²) in [7, 11) is 1.39. The van der Waals surface area contributed by atoms with E-state index < -0.39 is 6.04 Å². The molecule has 132 valence electrons. The molecule has 1 N–H and O–H groups in total. The fourth-order valence-electron chi connectivity index (χ4n) is 2.69. The average Bonchev–Trinajstić information content (AvgIpc) is 2.50. The van der Waals surface area contributed by atoms with Gasteiger partial charge in [0.25, 0.3) is 0 Å². The smallest absolute Gasteiger partial charge is 0.323 e. The van der Waals surface area contributed by atoms with Crippen LogP contribution in [0.4, 0.5) is 0 Å². The second kappa shape index (κ2) is 9.38. The lowest BCUT2D eigenvalue weighted by Crippen LogP contribution is -2.44. The normalized spacial score (nSPS) is 13.3. The summed E-state index contributed by atoms with van der Waals surface area (Å²) in [5.74, 6) is -0.205. The van der Waals surface area contributed by atoms with Crippen molar-refractivity contribution in [3.63, 3.8) is 0 Å². The van der Waals surface area contributed by atoms with Gasteiger partial charge in [0.1, 0.15) is 6.04 Å². The number of benzene rings is 1. The van der Waals surface area contributed by atoms with Crippen LogP contribution < -0.4 is 5.32 Å². The predicted octanol–water partition coefficient (Wildman–Crippen LogP) is 3.75. The average molecular weight is 331 g/mol. The van der Waals surface area contributed by atoms with Crippen LogP contribution in [0.2, 0.25) is 0 Å². The molecule has 1 aromatic rings. The number of aryl methyl sites for hydroxylation is 1. The summed E-state index contributed by atoms with van der Waals surface area (Å²) in [6.45, 7) is 9.74. The van der Waals surface area contributed by atoms with Crippen molar-refractivity contribution in [1.82, 2.24) is 5.32 Å². The van der Waals surface area contributed by atoms with Crippen molar-refractivity contribution in [2.45, 2.75) is 53.1 Å². The van der Waals surface area contributed by atoms with Crippen LogP contribution in [0.1, 0.15) is 51.3 Å². The van der Waals surface area contributed by atoms with Crippen molar-refractivity contribution in [2.24, 2.45) is 5.92 Å². The number of hydrogen-bond donors (Lipinski definition) is 1. The SMILES string of the molecule is COC(=O)[C@@H](NC(CC(=O)C=C(C)C)c1ccccc1C)C(C)C. The molecule has 0 aliphatic heterocycles. The molecule has 1 rings (SSSR count). The molecule has 4 nitrogen and oxygen atoms in total. The Labute approximate surface area is 145 Å². The summed E-state index contributed by atoms with van der Waals surface area (Å²) in [6.07, 6.45) is 1.95. The van der Waals surface area contributed by atoms with Crippen LogP contribution in [0, 0.1) is 12.8 Å². The summed E-state index contributed by atoms with van der Waals surface area (Å²) >= 11 is 0. The minimum Gasteiger partial charge on any atom is -0.468 e. The molecule has 0 aliphatic rings. The van der Waals surface area contributed by atoms with Gasteiger partial charge < -0.3 is 4.74 Å². The van der Waals surface area contributed by atoms with Crippen molar-refractivity contribution in [1.29, 1.82) is 0 Å². The van der Waals surface area contributed by atoms with Gasteiger partial charge >= 0.3 is 5.97 Å². The highest BCUT2D eigenvalue weighted by molar-refractivity contribution is 5.90. The molecule has 0 saturated carbocycles. The number of carbonyl (C=O) groups is 2. The molecule has 0 bridgehead atoms. The zero-order valence-corrected chi connectivity index (χ0v) is 15.6. The monoisotopic (exact) mass is 331 g/mol. The Morgan fingerprint density at radius 3 is 2.33 bits per heavy atom. The van der Waals surface area contributed by atoms with Crippen molar-refractivity contribution in [2.75, 3.05) is 7.11 Å². The second-order valence-electron chi connectivity index (χ2n) is 6.71. The van der Waals surface area contributed by atoms with E-state index in [4.69, 9.17) is 4.74 Å². The molecule has 0 amide bonds. The van der Waals surface area contributed by atoms with Gasteiger partial charge in [0, 0.05) is 12.5 Å². The minimum atomic E-state index is -0.459. The van der Waals surface area contributed by atoms with Crippen LogP contribution in [0.3, 0.4) is 0 Å². The summed E-state index contributed by atoms with van der Waals surface area (Å²) < 4.78 is 4.91. The summed E-state index contributed by atoms with van der Waals surface area (Å²) in [5, 5.41) is 3.34. The van der Waals surface area contributed by atoms with Gasteiger partial charge in [-0.05, 0) is 43.9 Å². The van der Waals surface area contributed by atoms with E-state index in [9.17, 15) is 9.59 Å². The van der Waals surface area contributed by atoms with Crippen LogP contribution in [0.5, 0.6) is 0 Å². The van der Waals surface area contributed by atoms with E-state index in [0.717, 1.165) is 16.7 Å². The van der Waals surface area contributed by atoms with Gasteiger partial charge in [-0.1, -0.05) is 43.7 Å². The maximum atomic E-state index is 12.3. The Kier molecular flexibility index (Phi) is 7.86. The Hall–Kier alpha value is -1.94. The van der Waals surface area contributed by atoms with Crippen LogP contribution in [0.25, 0.3) is 0 Å². The van der Waals surface area contributed by atoms with Crippen LogP contribution >= 0.6 is 0 Å². The van der Waals surface area contributed by atoms with Crippen LogP contribution in [-0.2, 0) is 14.3 Å². The molecular formula is C20H29NO3. The number of esters is 1. The van der Waals surface area contributed by atoms with Gasteiger partial charge in [0.2, 0.25) is 0 Å². The van der Waals surface area contributed by atoms with Gasteiger partial charge in [0.05, 0.1) is 7.11 Å². The molecule has 0 fully saturated rings. The van der Waals surface area contributed by atoms with E-state index in [0.29, 0.717) is 6.42 Å². The number of rotatable bonds is 8. The molecule has 0 heterocycles. The minimum absolute atomic E-state index is 0.0446. The van der Waals surface area contributed by atoms with Gasteiger partial charge in [-0.25, -0.2) is 0 Å². The number of ether oxygens (including phenoxy) is 1. The van der Waals surface area contributed by atoms with Gasteiger partial charge in [-0.2, -0.15) is 0 Å². The third-order valence-corrected chi connectivity index (χ3v) is 3.92. The molecule has 0 radical (unpaired) electrons. The first-order valence-corrected chi connectivity index (χ1v) is 8.33. The van der Waals surface area contributed by atoms with E-state index in [-0.39, 0.29) is 23.7 Å². The highest BCUT2D eigenvalue weighted by Crippen LogP contribution is 2.23. The molecule has 0 aliphatic carbocycles. The topological polar surface area (TPSA) is 55.4 Å². The van der Waals surface area contributed by atoms with E-state index in [1.54, 1.807) is 6.08 Å². The van der Waals surface area contributed by atoms with Crippen molar-refractivity contribution < 1.29 is 14.3 Å². The van der Waals surface area contributed by atoms with Gasteiger partial charge in [-0.3, -0.25) is 14.9 Å². The molecular weight excluding hydrogens is 302 g/mol. The Morgan fingerprint density at radius 1 is 1.21 bits per heavy atom. The molecule has 1 aromatic carbocycles. The van der Waals surface area contributed by atoms with Gasteiger partial charge in [-0.15, -0.1) is 0 Å². The number of methoxy groups -OCH3 is 1. The highest BCUT2D eigenvalue weighted by atomic mass is 16.5. The zero-order valence-electron chi connectivity index (χ0n) is 15.6. The molecule has 1 unspecified atom stereocenters. The van der Waals surface area contributed by atoms with Crippen molar-refractivity contribution in [3.05, 3.63) is 47.0 Å². The van der Waals surface area contributed by atoms with E-state index in [1.165, 1.54) is 7.11 Å². The maximum Gasteiger partial charge on any atom is 0.323 e. The third-order valence-electron chi connectivity index (χ3n) is 3.92. The van der Waals surface area contributed by atoms with E-state index in [1.807, 2.05) is 58.9 Å².